The second kappa shape index (κ2) is 18.6. The van der Waals surface area contributed by atoms with Gasteiger partial charge in [-0.2, -0.15) is 5.26 Å². The molecule has 0 aromatic heterocycles. The van der Waals surface area contributed by atoms with E-state index in [1.807, 2.05) is 0 Å². The van der Waals surface area contributed by atoms with Crippen LogP contribution in [-0.4, -0.2) is 33.2 Å². The number of hydrogen-bond donors (Lipinski definition) is 3. The molecule has 15 heavy (non-hydrogen) atoms. The van der Waals surface area contributed by atoms with Crippen LogP contribution in [0.5, 0.6) is 0 Å². The molecule has 0 unspecified atom stereocenters. The van der Waals surface area contributed by atoms with E-state index in [1.54, 1.807) is 0 Å². The first kappa shape index (κ1) is 23.6. The normalized spacial score (nSPS) is 5.93. The number of rotatable bonds is 1. The minimum Gasteiger partial charge on any atom is -1.00 e. The van der Waals surface area contributed by atoms with Crippen LogP contribution in [0.3, 0.4) is 0 Å². The Morgan fingerprint density at radius 1 is 1.13 bits per heavy atom. The van der Waals surface area contributed by atoms with E-state index in [4.69, 9.17) is 30.2 Å². The van der Waals surface area contributed by atoms with Gasteiger partial charge in [0, 0.05) is 13.8 Å². The van der Waals surface area contributed by atoms with Crippen LogP contribution in [0.15, 0.2) is 0 Å². The van der Waals surface area contributed by atoms with Crippen molar-refractivity contribution in [2.75, 3.05) is 0 Å². The molecule has 0 atom stereocenters. The van der Waals surface area contributed by atoms with E-state index in [2.05, 4.69) is 0 Å². The molecule has 0 radical (unpaired) electrons. The summed E-state index contributed by atoms with van der Waals surface area (Å²) in [7, 11) is 0. The van der Waals surface area contributed by atoms with Crippen molar-refractivity contribution in [1.82, 2.24) is 0 Å². The van der Waals surface area contributed by atoms with Crippen molar-refractivity contribution >= 4 is 17.9 Å². The summed E-state index contributed by atoms with van der Waals surface area (Å²) in [5.41, 5.74) is 0. The molecule has 3 N–H and O–H groups in total. The molecule has 0 aliphatic heterocycles. The molecular formula is C7H12NNaO6. The monoisotopic (exact) mass is 229 g/mol. The van der Waals surface area contributed by atoms with Gasteiger partial charge in [0.2, 0.25) is 0 Å². The van der Waals surface area contributed by atoms with Crippen LogP contribution in [0.2, 0.25) is 0 Å². The maximum Gasteiger partial charge on any atom is 1.00 e. The largest absolute Gasteiger partial charge is 1.00 e. The number of nitrogens with zero attached hydrogens (tertiary/aromatic N) is 1. The third-order valence-electron chi connectivity index (χ3n) is 0.230. The van der Waals surface area contributed by atoms with Gasteiger partial charge >= 0.3 is 35.5 Å². The summed E-state index contributed by atoms with van der Waals surface area (Å²) in [6.07, 6.45) is -0.403. The molecule has 0 saturated carbocycles. The van der Waals surface area contributed by atoms with Gasteiger partial charge in [-0.25, -0.2) is 0 Å². The van der Waals surface area contributed by atoms with E-state index >= 15 is 0 Å². The summed E-state index contributed by atoms with van der Waals surface area (Å²) >= 11 is 0. The molecule has 0 aliphatic carbocycles. The van der Waals surface area contributed by atoms with Gasteiger partial charge in [0.25, 0.3) is 11.9 Å². The molecule has 0 bridgehead atoms. The topological polar surface area (TPSA) is 136 Å². The Morgan fingerprint density at radius 2 is 1.33 bits per heavy atom. The van der Waals surface area contributed by atoms with Gasteiger partial charge in [-0.15, -0.1) is 0 Å². The van der Waals surface area contributed by atoms with Crippen molar-refractivity contribution in [3.8, 4) is 6.07 Å². The number of nitriles is 1. The van der Waals surface area contributed by atoms with Crippen molar-refractivity contribution in [1.29, 1.82) is 5.26 Å². The van der Waals surface area contributed by atoms with Crippen LogP contribution in [-0.2, 0) is 14.4 Å². The molecule has 0 aromatic rings. The average molecular weight is 229 g/mol. The van der Waals surface area contributed by atoms with E-state index in [-0.39, 0.29) is 31.0 Å². The molecule has 82 valence electrons. The molecule has 0 fully saturated rings. The quantitative estimate of drug-likeness (QED) is 0.415. The SMILES string of the molecule is CC(=O)O.CC(=O)O.N#CCC(=O)O.[H-].[Na+]. The van der Waals surface area contributed by atoms with Gasteiger partial charge < -0.3 is 16.7 Å². The Balaban J connectivity index is -0.0000000367. The smallest absolute Gasteiger partial charge is 1.00 e. The zero-order valence-electron chi connectivity index (χ0n) is 9.72. The van der Waals surface area contributed by atoms with Gasteiger partial charge in [0.15, 0.2) is 0 Å². The third kappa shape index (κ3) is 425. The molecule has 0 saturated heterocycles. The minimum absolute atomic E-state index is 0. The Bertz CT molecular complexity index is 220. The van der Waals surface area contributed by atoms with Crippen molar-refractivity contribution in [3.63, 3.8) is 0 Å². The van der Waals surface area contributed by atoms with E-state index in [1.165, 1.54) is 6.07 Å². The maximum absolute atomic E-state index is 9.38. The van der Waals surface area contributed by atoms with Gasteiger partial charge in [0.1, 0.15) is 6.42 Å². The predicted octanol–water partition coefficient (Wildman–Crippen LogP) is -2.72. The predicted molar refractivity (Wildman–Crippen MR) is 45.6 cm³/mol. The number of carboxylic acids is 3. The molecule has 0 rings (SSSR count). The fraction of sp³-hybridized carbons (Fsp3) is 0.429. The van der Waals surface area contributed by atoms with Gasteiger partial charge in [-0.1, -0.05) is 0 Å². The van der Waals surface area contributed by atoms with Crippen molar-refractivity contribution < 1.29 is 60.7 Å². The van der Waals surface area contributed by atoms with Gasteiger partial charge in [0.05, 0.1) is 6.07 Å². The van der Waals surface area contributed by atoms with Crippen molar-refractivity contribution in [3.05, 3.63) is 0 Å². The first-order valence-corrected chi connectivity index (χ1v) is 3.21. The number of aliphatic carboxylic acids is 3. The Kier molecular flexibility index (Phi) is 29.3. The summed E-state index contributed by atoms with van der Waals surface area (Å²) in [4.78, 5) is 27.4. The molecule has 0 aliphatic rings. The Morgan fingerprint density at radius 3 is 1.33 bits per heavy atom. The summed E-state index contributed by atoms with van der Waals surface area (Å²) in [6, 6.07) is 1.47. The summed E-state index contributed by atoms with van der Waals surface area (Å²) < 4.78 is 0. The third-order valence-corrected chi connectivity index (χ3v) is 0.230. The van der Waals surface area contributed by atoms with E-state index in [0.717, 1.165) is 13.8 Å². The standard InChI is InChI=1S/C3H3NO2.2C2H4O2.Na.H/c4-2-1-3(5)6;2*1-2(3)4;;/h1H2,(H,5,6);2*1H3,(H,3,4);;/q;;;+1;-1. The van der Waals surface area contributed by atoms with E-state index < -0.39 is 24.3 Å². The van der Waals surface area contributed by atoms with Crippen LogP contribution in [0.25, 0.3) is 0 Å². The fourth-order valence-electron chi connectivity index (χ4n) is 0.0676. The Hall–Kier alpha value is -1.10. The molecule has 7 nitrogen and oxygen atoms in total. The molecule has 0 heterocycles. The molecular weight excluding hydrogens is 217 g/mol. The van der Waals surface area contributed by atoms with Crippen molar-refractivity contribution in [2.24, 2.45) is 0 Å². The summed E-state index contributed by atoms with van der Waals surface area (Å²) in [5, 5.41) is 30.1. The molecule has 8 heteroatoms. The van der Waals surface area contributed by atoms with Gasteiger partial charge in [-0.05, 0) is 0 Å². The van der Waals surface area contributed by atoms with Gasteiger partial charge in [-0.3, -0.25) is 14.4 Å². The maximum atomic E-state index is 9.38. The zero-order chi connectivity index (χ0) is 12.1. The summed E-state index contributed by atoms with van der Waals surface area (Å²) in [6.45, 7) is 2.17. The van der Waals surface area contributed by atoms with E-state index in [0.29, 0.717) is 0 Å². The van der Waals surface area contributed by atoms with Crippen LogP contribution in [0.1, 0.15) is 21.7 Å². The minimum atomic E-state index is -1.07. The molecule has 0 spiro atoms. The zero-order valence-corrected chi connectivity index (χ0v) is 10.7. The first-order valence-electron chi connectivity index (χ1n) is 3.21. The summed E-state index contributed by atoms with van der Waals surface area (Å²) in [5.74, 6) is -2.74. The van der Waals surface area contributed by atoms with Crippen LogP contribution < -0.4 is 29.6 Å². The second-order valence-electron chi connectivity index (χ2n) is 1.77. The molecule has 0 amide bonds. The second-order valence-corrected chi connectivity index (χ2v) is 1.77. The van der Waals surface area contributed by atoms with Crippen LogP contribution in [0.4, 0.5) is 0 Å². The molecule has 0 aromatic carbocycles. The van der Waals surface area contributed by atoms with E-state index in [9.17, 15) is 4.79 Å². The first-order chi connectivity index (χ1) is 6.23. The van der Waals surface area contributed by atoms with Crippen LogP contribution >= 0.6 is 0 Å². The van der Waals surface area contributed by atoms with Crippen molar-refractivity contribution in [2.45, 2.75) is 20.3 Å². The number of hydrogen-bond acceptors (Lipinski definition) is 4. The average Bonchev–Trinajstić information content (AvgIpc) is 1.82. The Labute approximate surface area is 110 Å². The van der Waals surface area contributed by atoms with Crippen LogP contribution in [0, 0.1) is 11.3 Å². The number of carboxylic acid groups (broad SMARTS) is 3. The fourth-order valence-corrected chi connectivity index (χ4v) is 0.0676. The number of carbonyl (C=O) groups is 3.